The standard InChI is InChI=1S/C49H63F10IN5O13P/c1-44(2,3)77-79(71,78-45(4,5)6)75-26-74-43(70)76-37(29(19-27-13-15-30(60)16-14-27)22-36(66)39(61-42(69)73-12)47(9,10)49(57,58)59)25-64(63-40(68)32(23-38(67)72-11)46(7,8)48(54,55)56)24-31-33(50)20-28(21-34(31)51)35-17-18-65(62-35)41(52)53/h13-18,20-21,29,32,37,39,41H,19,22-26H2,1-12H3,(H,61,69)(H,63,68)/t29-,32-,37+,39-/m1/s1. The number of carbonyl (C=O) groups is 5. The number of alkyl halides is 8. The molecule has 444 valence electrons. The number of halogens is 11. The summed E-state index contributed by atoms with van der Waals surface area (Å²) in [5.74, 6) is -11.4. The third-order valence-corrected chi connectivity index (χ3v) is 14.5. The number of methoxy groups -OCH3 is 2. The second-order valence-electron chi connectivity index (χ2n) is 21.0. The summed E-state index contributed by atoms with van der Waals surface area (Å²) in [7, 11) is -3.04. The number of nitrogens with one attached hydrogen (secondary N) is 2. The molecule has 0 spiro atoms. The fourth-order valence-electron chi connectivity index (χ4n) is 7.38. The molecular formula is C49H63F10IN5O13P. The zero-order valence-electron chi connectivity index (χ0n) is 45.0. The zero-order valence-corrected chi connectivity index (χ0v) is 48.1. The molecule has 18 nitrogen and oxygen atoms in total. The average molecular weight is 1280 g/mol. The number of alkyl carbamates (subject to hydrolysis) is 1. The summed E-state index contributed by atoms with van der Waals surface area (Å²) in [6.07, 6.45) is -17.9. The van der Waals surface area contributed by atoms with Crippen LogP contribution in [0.5, 0.6) is 0 Å². The first-order chi connectivity index (χ1) is 36.0. The molecule has 3 aromatic rings. The summed E-state index contributed by atoms with van der Waals surface area (Å²) < 4.78 is 199. The van der Waals surface area contributed by atoms with Crippen molar-refractivity contribution in [3.8, 4) is 11.3 Å². The van der Waals surface area contributed by atoms with Crippen LogP contribution in [0.25, 0.3) is 11.3 Å². The summed E-state index contributed by atoms with van der Waals surface area (Å²) in [6.45, 7) is 4.30. The van der Waals surface area contributed by atoms with E-state index >= 15 is 8.78 Å². The Bertz CT molecular complexity index is 2600. The van der Waals surface area contributed by atoms with Crippen LogP contribution in [0.4, 0.5) is 53.5 Å². The van der Waals surface area contributed by atoms with Gasteiger partial charge in [-0.15, -0.1) is 0 Å². The van der Waals surface area contributed by atoms with E-state index in [0.29, 0.717) is 48.4 Å². The van der Waals surface area contributed by atoms with Crippen LogP contribution < -0.4 is 10.7 Å². The molecule has 79 heavy (non-hydrogen) atoms. The minimum Gasteiger partial charge on any atom is -0.469 e. The maximum absolute atomic E-state index is 16.3. The lowest BCUT2D eigenvalue weighted by atomic mass is 9.75. The molecule has 0 saturated carbocycles. The monoisotopic (exact) mass is 1280 g/mol. The van der Waals surface area contributed by atoms with Crippen molar-refractivity contribution < 1.29 is 105 Å². The Balaban J connectivity index is 2.39. The Morgan fingerprint density at radius 1 is 0.785 bits per heavy atom. The van der Waals surface area contributed by atoms with Crippen molar-refractivity contribution >= 4 is 60.3 Å². The third-order valence-electron chi connectivity index (χ3n) is 11.8. The van der Waals surface area contributed by atoms with Gasteiger partial charge in [-0.3, -0.25) is 28.9 Å². The maximum Gasteiger partial charge on any atom is 0.510 e. The number of nitrogens with zero attached hydrogens (tertiary/aromatic N) is 3. The highest BCUT2D eigenvalue weighted by Crippen LogP contribution is 2.55. The number of hydrogen-bond donors (Lipinski definition) is 2. The van der Waals surface area contributed by atoms with E-state index in [1.807, 2.05) is 27.9 Å². The average Bonchev–Trinajstić information content (AvgIpc) is 3.80. The summed E-state index contributed by atoms with van der Waals surface area (Å²) in [6, 6.07) is 5.89. The molecule has 1 aromatic heterocycles. The lowest BCUT2D eigenvalue weighted by Crippen LogP contribution is -2.57. The SMILES string of the molecule is COC(=O)C[C@H](C(=O)NN(Cc1c(F)cc(-c2ccn(C(F)F)n2)cc1F)C[C@H](OC(=O)OCOP(=O)(OC(C)(C)C)OC(C)(C)C)[C@@H](CC(=O)[C@@H](NC(=O)OC)C(C)(C)C(F)(F)F)Cc1ccc(I)cc1)C(C)(C)C(F)(F)F. The molecule has 0 aliphatic carbocycles. The van der Waals surface area contributed by atoms with Gasteiger partial charge < -0.3 is 24.3 Å². The van der Waals surface area contributed by atoms with E-state index in [-0.39, 0.29) is 15.9 Å². The van der Waals surface area contributed by atoms with Gasteiger partial charge >= 0.3 is 44.9 Å². The van der Waals surface area contributed by atoms with Crippen LogP contribution in [0.3, 0.4) is 0 Å². The predicted octanol–water partition coefficient (Wildman–Crippen LogP) is 11.8. The second-order valence-corrected chi connectivity index (χ2v) is 23.8. The van der Waals surface area contributed by atoms with Gasteiger partial charge in [0.05, 0.1) is 60.8 Å². The molecule has 0 aliphatic rings. The van der Waals surface area contributed by atoms with Crippen molar-refractivity contribution in [1.82, 2.24) is 25.5 Å². The van der Waals surface area contributed by atoms with Crippen LogP contribution in [0, 0.1) is 37.9 Å². The van der Waals surface area contributed by atoms with Crippen LogP contribution >= 0.6 is 30.4 Å². The van der Waals surface area contributed by atoms with Crippen molar-refractivity contribution in [3.63, 3.8) is 0 Å². The minimum absolute atomic E-state index is 0.175. The van der Waals surface area contributed by atoms with Gasteiger partial charge in [0.15, 0.2) is 5.78 Å². The van der Waals surface area contributed by atoms with E-state index in [2.05, 4.69) is 20.0 Å². The number of carbonyl (C=O) groups excluding carboxylic acids is 5. The third kappa shape index (κ3) is 20.1. The highest BCUT2D eigenvalue weighted by atomic mass is 127. The number of ether oxygens (including phenoxy) is 4. The number of hydrogen-bond acceptors (Lipinski definition) is 15. The van der Waals surface area contributed by atoms with Gasteiger partial charge in [-0.05, 0) is 120 Å². The maximum atomic E-state index is 16.3. The lowest BCUT2D eigenvalue weighted by Gasteiger charge is -2.38. The van der Waals surface area contributed by atoms with Gasteiger partial charge in [-0.25, -0.2) is 37.1 Å². The van der Waals surface area contributed by atoms with E-state index < -0.39 is 165 Å². The van der Waals surface area contributed by atoms with Crippen molar-refractivity contribution in [2.75, 3.05) is 27.6 Å². The topological polar surface area (TPSA) is 212 Å². The van der Waals surface area contributed by atoms with Crippen LogP contribution in [-0.4, -0.2) is 108 Å². The Morgan fingerprint density at radius 3 is 1.80 bits per heavy atom. The van der Waals surface area contributed by atoms with E-state index in [1.54, 1.807) is 12.1 Å². The smallest absolute Gasteiger partial charge is 0.469 e. The van der Waals surface area contributed by atoms with Crippen molar-refractivity contribution in [3.05, 3.63) is 75.0 Å². The molecule has 2 aromatic carbocycles. The Hall–Kier alpha value is -5.10. The van der Waals surface area contributed by atoms with Crippen LogP contribution in [0.2, 0.25) is 0 Å². The van der Waals surface area contributed by atoms with Crippen molar-refractivity contribution in [2.24, 2.45) is 22.7 Å². The number of ketones is 1. The molecule has 2 N–H and O–H groups in total. The molecule has 0 fully saturated rings. The summed E-state index contributed by atoms with van der Waals surface area (Å²) in [5, 5.41) is 5.97. The summed E-state index contributed by atoms with van der Waals surface area (Å²) >= 11 is 1.94. The zero-order chi connectivity index (χ0) is 60.4. The Kier molecular flexibility index (Phi) is 23.4. The molecule has 2 amide bonds. The summed E-state index contributed by atoms with van der Waals surface area (Å²) in [4.78, 5) is 68.0. The highest BCUT2D eigenvalue weighted by Gasteiger charge is 2.57. The van der Waals surface area contributed by atoms with Gasteiger partial charge in [0.1, 0.15) is 23.8 Å². The van der Waals surface area contributed by atoms with Crippen LogP contribution in [0.15, 0.2) is 48.7 Å². The largest absolute Gasteiger partial charge is 0.510 e. The number of Topliss-reactive ketones (excluding diaryl/α,β-unsaturated/α-hetero) is 1. The number of amides is 2. The van der Waals surface area contributed by atoms with E-state index in [1.165, 1.54) is 53.7 Å². The molecular weight excluding hydrogens is 1210 g/mol. The number of esters is 1. The molecule has 0 radical (unpaired) electrons. The predicted molar refractivity (Wildman–Crippen MR) is 269 cm³/mol. The van der Waals surface area contributed by atoms with Crippen LogP contribution in [0.1, 0.15) is 99.8 Å². The Labute approximate surface area is 462 Å². The lowest BCUT2D eigenvalue weighted by molar-refractivity contribution is -0.231. The fraction of sp³-hybridized carbons (Fsp3) is 0.592. The van der Waals surface area contributed by atoms with Crippen LogP contribution in [-0.2, 0) is 64.4 Å². The summed E-state index contributed by atoms with van der Waals surface area (Å²) in [5.41, 5.74) is -7.96. The number of phosphoric acid groups is 1. The van der Waals surface area contributed by atoms with Gasteiger partial charge in [-0.2, -0.15) is 40.2 Å². The molecule has 1 heterocycles. The molecule has 4 atom stereocenters. The van der Waals surface area contributed by atoms with E-state index in [9.17, 15) is 63.7 Å². The minimum atomic E-state index is -5.24. The van der Waals surface area contributed by atoms with Gasteiger partial charge in [0.25, 0.3) is 0 Å². The Morgan fingerprint density at radius 2 is 1.33 bits per heavy atom. The number of rotatable bonds is 25. The molecule has 0 aliphatic heterocycles. The first kappa shape index (κ1) is 68.2. The van der Waals surface area contributed by atoms with Gasteiger partial charge in [0.2, 0.25) is 12.7 Å². The highest BCUT2D eigenvalue weighted by molar-refractivity contribution is 14.1. The molecule has 0 saturated heterocycles. The molecule has 30 heteroatoms. The molecule has 0 bridgehead atoms. The van der Waals surface area contributed by atoms with Gasteiger partial charge in [0, 0.05) is 39.8 Å². The van der Waals surface area contributed by atoms with Crippen molar-refractivity contribution in [1.29, 1.82) is 0 Å². The number of benzene rings is 2. The van der Waals surface area contributed by atoms with Gasteiger partial charge in [-0.1, -0.05) is 26.0 Å². The number of aromatic nitrogens is 2. The first-order valence-corrected chi connectivity index (χ1v) is 26.2. The molecule has 3 rings (SSSR count). The normalized spacial score (nSPS) is 14.5. The molecule has 0 unspecified atom stereocenters. The van der Waals surface area contributed by atoms with Crippen molar-refractivity contribution in [2.45, 2.75) is 137 Å². The second kappa shape index (κ2) is 27.1. The quantitative estimate of drug-likeness (QED) is 0.0154. The van der Waals surface area contributed by atoms with E-state index in [4.69, 9.17) is 23.0 Å². The van der Waals surface area contributed by atoms with E-state index in [0.717, 1.165) is 26.5 Å². The number of phosphoric ester groups is 1. The fourth-order valence-corrected chi connectivity index (χ4v) is 9.40. The first-order valence-electron chi connectivity index (χ1n) is 23.7. The number of hydrazine groups is 1.